The molecule has 1 fully saturated rings. The van der Waals surface area contributed by atoms with Crippen LogP contribution in [0, 0.1) is 4.77 Å². The van der Waals surface area contributed by atoms with Crippen molar-refractivity contribution in [2.45, 2.75) is 19.9 Å². The number of H-pyrrole nitrogens is 1. The smallest absolute Gasteiger partial charge is 0.253 e. The van der Waals surface area contributed by atoms with Crippen molar-refractivity contribution in [3.8, 4) is 11.4 Å². The highest BCUT2D eigenvalue weighted by Gasteiger charge is 2.25. The molecule has 4 rings (SSSR count). The number of nitrogens with zero attached hydrogens (tertiary/aromatic N) is 4. The zero-order valence-electron chi connectivity index (χ0n) is 17.8. The molecule has 0 spiro atoms. The SMILES string of the molecule is CCc1ccc(C(=O)N2CCN(C(=O)Cn3c(-c4ccc(Cl)cc4)n[nH]c3=S)CC2)cc1. The maximum atomic E-state index is 13.0. The molecular weight excluding hydrogens is 446 g/mol. The molecular formula is C23H24ClN5O2S. The van der Waals surface area contributed by atoms with E-state index < -0.39 is 0 Å². The van der Waals surface area contributed by atoms with Crippen LogP contribution in [0.1, 0.15) is 22.8 Å². The fourth-order valence-corrected chi connectivity index (χ4v) is 4.07. The lowest BCUT2D eigenvalue weighted by Gasteiger charge is -2.35. The van der Waals surface area contributed by atoms with Gasteiger partial charge in [-0.1, -0.05) is 30.7 Å². The summed E-state index contributed by atoms with van der Waals surface area (Å²) in [6, 6.07) is 14.9. The zero-order valence-corrected chi connectivity index (χ0v) is 19.3. The Morgan fingerprint density at radius 1 is 1.00 bits per heavy atom. The molecule has 2 aromatic carbocycles. The van der Waals surface area contributed by atoms with Crippen LogP contribution in [0.15, 0.2) is 48.5 Å². The number of benzene rings is 2. The number of aromatic amines is 1. The van der Waals surface area contributed by atoms with Crippen LogP contribution in [0.2, 0.25) is 5.02 Å². The molecule has 1 aromatic heterocycles. The number of amides is 2. The van der Waals surface area contributed by atoms with Gasteiger partial charge >= 0.3 is 0 Å². The Morgan fingerprint density at radius 3 is 2.25 bits per heavy atom. The Kier molecular flexibility index (Phi) is 6.72. The molecule has 7 nitrogen and oxygen atoms in total. The van der Waals surface area contributed by atoms with Gasteiger partial charge in [0.2, 0.25) is 5.91 Å². The number of rotatable bonds is 5. The summed E-state index contributed by atoms with van der Waals surface area (Å²) in [5.41, 5.74) is 2.70. The summed E-state index contributed by atoms with van der Waals surface area (Å²) >= 11 is 11.3. The van der Waals surface area contributed by atoms with Gasteiger partial charge in [-0.15, -0.1) is 0 Å². The molecule has 0 atom stereocenters. The molecule has 1 aliphatic heterocycles. The zero-order chi connectivity index (χ0) is 22.7. The number of halogens is 1. The van der Waals surface area contributed by atoms with Gasteiger partial charge in [0.05, 0.1) is 0 Å². The van der Waals surface area contributed by atoms with Crippen LogP contribution in [0.5, 0.6) is 0 Å². The van der Waals surface area contributed by atoms with Crippen LogP contribution >= 0.6 is 23.8 Å². The third kappa shape index (κ3) is 4.76. The van der Waals surface area contributed by atoms with Gasteiger partial charge in [-0.05, 0) is 60.6 Å². The molecule has 0 bridgehead atoms. The van der Waals surface area contributed by atoms with Crippen LogP contribution in [0.4, 0.5) is 0 Å². The molecule has 2 amide bonds. The van der Waals surface area contributed by atoms with Crippen molar-refractivity contribution in [2.24, 2.45) is 0 Å². The minimum absolute atomic E-state index is 0.00170. The standard InChI is InChI=1S/C23H24ClN5O2S/c1-2-16-3-5-18(6-4-16)22(31)28-13-11-27(12-14-28)20(30)15-29-21(25-26-23(29)32)17-7-9-19(24)10-8-17/h3-10H,2,11-15H2,1H3,(H,26,32). The number of aryl methyl sites for hydroxylation is 1. The van der Waals surface area contributed by atoms with Crippen molar-refractivity contribution >= 4 is 35.6 Å². The highest BCUT2D eigenvalue weighted by atomic mass is 35.5. The number of carbonyl (C=O) groups excluding carboxylic acids is 2. The van der Waals surface area contributed by atoms with E-state index in [1.807, 2.05) is 36.4 Å². The van der Waals surface area contributed by atoms with Gasteiger partial charge < -0.3 is 9.80 Å². The molecule has 1 N–H and O–H groups in total. The van der Waals surface area contributed by atoms with Gasteiger partial charge in [0.15, 0.2) is 10.6 Å². The van der Waals surface area contributed by atoms with E-state index in [0.29, 0.717) is 47.4 Å². The van der Waals surface area contributed by atoms with Gasteiger partial charge in [0.1, 0.15) is 6.54 Å². The summed E-state index contributed by atoms with van der Waals surface area (Å²) in [7, 11) is 0. The molecule has 9 heteroatoms. The van der Waals surface area contributed by atoms with Crippen molar-refractivity contribution in [1.82, 2.24) is 24.6 Å². The minimum Gasteiger partial charge on any atom is -0.338 e. The van der Waals surface area contributed by atoms with Crippen LogP contribution in [-0.4, -0.2) is 62.6 Å². The average Bonchev–Trinajstić information content (AvgIpc) is 3.19. The van der Waals surface area contributed by atoms with Gasteiger partial charge in [0, 0.05) is 42.3 Å². The Morgan fingerprint density at radius 2 is 1.62 bits per heavy atom. The summed E-state index contributed by atoms with van der Waals surface area (Å²) in [4.78, 5) is 29.3. The maximum Gasteiger partial charge on any atom is 0.253 e. The fraction of sp³-hybridized carbons (Fsp3) is 0.304. The molecule has 1 saturated heterocycles. The molecule has 0 radical (unpaired) electrons. The first-order chi connectivity index (χ1) is 15.5. The lowest BCUT2D eigenvalue weighted by Crippen LogP contribution is -2.51. The molecule has 166 valence electrons. The van der Waals surface area contributed by atoms with E-state index in [-0.39, 0.29) is 18.4 Å². The highest BCUT2D eigenvalue weighted by molar-refractivity contribution is 7.71. The molecule has 0 saturated carbocycles. The second kappa shape index (κ2) is 9.67. The van der Waals surface area contributed by atoms with Gasteiger partial charge in [-0.2, -0.15) is 5.10 Å². The average molecular weight is 470 g/mol. The first-order valence-electron chi connectivity index (χ1n) is 10.5. The number of hydrogen-bond donors (Lipinski definition) is 1. The molecule has 0 unspecified atom stereocenters. The Labute approximate surface area is 196 Å². The first-order valence-corrected chi connectivity index (χ1v) is 11.3. The third-order valence-electron chi connectivity index (χ3n) is 5.68. The molecule has 3 aromatic rings. The third-order valence-corrected chi connectivity index (χ3v) is 6.25. The first kappa shape index (κ1) is 22.2. The number of carbonyl (C=O) groups is 2. The summed E-state index contributed by atoms with van der Waals surface area (Å²) in [5, 5.41) is 7.66. The summed E-state index contributed by atoms with van der Waals surface area (Å²) in [6.45, 7) is 4.14. The van der Waals surface area contributed by atoms with E-state index in [1.54, 1.807) is 26.5 Å². The van der Waals surface area contributed by atoms with Crippen molar-refractivity contribution < 1.29 is 9.59 Å². The quantitative estimate of drug-likeness (QED) is 0.576. The summed E-state index contributed by atoms with van der Waals surface area (Å²) < 4.78 is 2.07. The lowest BCUT2D eigenvalue weighted by atomic mass is 10.1. The molecule has 0 aliphatic carbocycles. The molecule has 1 aliphatic rings. The Bertz CT molecular complexity index is 1160. The number of nitrogens with one attached hydrogen (secondary N) is 1. The van der Waals surface area contributed by atoms with Gasteiger partial charge in [0.25, 0.3) is 5.91 Å². The molecule has 2 heterocycles. The fourth-order valence-electron chi connectivity index (χ4n) is 3.74. The predicted octanol–water partition coefficient (Wildman–Crippen LogP) is 3.81. The number of piperazine rings is 1. The van der Waals surface area contributed by atoms with E-state index in [1.165, 1.54) is 5.56 Å². The van der Waals surface area contributed by atoms with E-state index in [0.717, 1.165) is 12.0 Å². The largest absolute Gasteiger partial charge is 0.338 e. The Balaban J connectivity index is 1.39. The van der Waals surface area contributed by atoms with Gasteiger partial charge in [-0.25, -0.2) is 0 Å². The second-order valence-electron chi connectivity index (χ2n) is 7.67. The van der Waals surface area contributed by atoms with E-state index in [9.17, 15) is 9.59 Å². The van der Waals surface area contributed by atoms with Crippen molar-refractivity contribution in [3.05, 3.63) is 69.5 Å². The second-order valence-corrected chi connectivity index (χ2v) is 8.49. The van der Waals surface area contributed by atoms with Gasteiger partial charge in [-0.3, -0.25) is 19.3 Å². The van der Waals surface area contributed by atoms with Crippen molar-refractivity contribution in [2.75, 3.05) is 26.2 Å². The van der Waals surface area contributed by atoms with Crippen LogP contribution in [0.3, 0.4) is 0 Å². The number of hydrogen-bond acceptors (Lipinski definition) is 4. The summed E-state index contributed by atoms with van der Waals surface area (Å²) in [5.74, 6) is 0.531. The van der Waals surface area contributed by atoms with Crippen molar-refractivity contribution in [3.63, 3.8) is 0 Å². The normalized spacial score (nSPS) is 13.9. The van der Waals surface area contributed by atoms with E-state index in [4.69, 9.17) is 23.8 Å². The lowest BCUT2D eigenvalue weighted by molar-refractivity contribution is -0.133. The van der Waals surface area contributed by atoms with Crippen LogP contribution in [0.25, 0.3) is 11.4 Å². The highest BCUT2D eigenvalue weighted by Crippen LogP contribution is 2.20. The van der Waals surface area contributed by atoms with Crippen LogP contribution in [-0.2, 0) is 17.8 Å². The number of aromatic nitrogens is 3. The predicted molar refractivity (Wildman–Crippen MR) is 126 cm³/mol. The summed E-state index contributed by atoms with van der Waals surface area (Å²) in [6.07, 6.45) is 0.940. The van der Waals surface area contributed by atoms with E-state index >= 15 is 0 Å². The van der Waals surface area contributed by atoms with E-state index in [2.05, 4.69) is 17.1 Å². The van der Waals surface area contributed by atoms with Crippen molar-refractivity contribution in [1.29, 1.82) is 0 Å². The van der Waals surface area contributed by atoms with Crippen LogP contribution < -0.4 is 0 Å². The maximum absolute atomic E-state index is 13.0. The molecule has 32 heavy (non-hydrogen) atoms. The minimum atomic E-state index is -0.0582. The monoisotopic (exact) mass is 469 g/mol. The topological polar surface area (TPSA) is 74.2 Å². The Hall–Kier alpha value is -2.97.